The lowest BCUT2D eigenvalue weighted by Gasteiger charge is -2.34. The summed E-state index contributed by atoms with van der Waals surface area (Å²) in [6.07, 6.45) is 1.23. The van der Waals surface area contributed by atoms with Crippen LogP contribution in [-0.4, -0.2) is 37.7 Å². The molecule has 3 rings (SSSR count). The minimum absolute atomic E-state index is 0.121. The van der Waals surface area contributed by atoms with E-state index in [4.69, 9.17) is 0 Å². The number of benzene rings is 1. The summed E-state index contributed by atoms with van der Waals surface area (Å²) in [7, 11) is 1.88. The monoisotopic (exact) mass is 341 g/mol. The molecule has 2 aromatic rings. The van der Waals surface area contributed by atoms with E-state index < -0.39 is 12.0 Å². The quantitative estimate of drug-likeness (QED) is 0.923. The Morgan fingerprint density at radius 3 is 2.52 bits per heavy atom. The summed E-state index contributed by atoms with van der Waals surface area (Å²) in [5.41, 5.74) is 5.08. The number of aliphatic carboxylic acids is 1. The molecule has 1 atom stereocenters. The molecule has 2 heterocycles. The Bertz CT molecular complexity index is 825. The molecule has 6 heteroatoms. The van der Waals surface area contributed by atoms with Crippen molar-refractivity contribution >= 4 is 11.9 Å². The van der Waals surface area contributed by atoms with E-state index in [2.05, 4.69) is 5.10 Å². The zero-order valence-corrected chi connectivity index (χ0v) is 14.8. The molecule has 0 aliphatic carbocycles. The van der Waals surface area contributed by atoms with Crippen molar-refractivity contribution in [3.05, 3.63) is 52.3 Å². The van der Waals surface area contributed by atoms with Gasteiger partial charge in [0.15, 0.2) is 0 Å². The lowest BCUT2D eigenvalue weighted by molar-refractivity contribution is -0.151. The summed E-state index contributed by atoms with van der Waals surface area (Å²) in [5, 5.41) is 13.9. The van der Waals surface area contributed by atoms with Gasteiger partial charge in [0, 0.05) is 32.1 Å². The van der Waals surface area contributed by atoms with Crippen molar-refractivity contribution in [1.29, 1.82) is 0 Å². The highest BCUT2D eigenvalue weighted by atomic mass is 16.4. The first-order chi connectivity index (χ1) is 11.9. The SMILES string of the molecule is Cc1nn(C)c(C)c1CCC(=O)N1Cc2ccccc2C[C@H]1C(=O)O. The van der Waals surface area contributed by atoms with Crippen molar-refractivity contribution in [1.82, 2.24) is 14.7 Å². The summed E-state index contributed by atoms with van der Waals surface area (Å²) in [5.74, 6) is -1.07. The maximum absolute atomic E-state index is 12.8. The van der Waals surface area contributed by atoms with Crippen molar-refractivity contribution in [2.24, 2.45) is 7.05 Å². The first-order valence-corrected chi connectivity index (χ1v) is 8.46. The van der Waals surface area contributed by atoms with Gasteiger partial charge in [-0.1, -0.05) is 24.3 Å². The van der Waals surface area contributed by atoms with Gasteiger partial charge >= 0.3 is 5.97 Å². The maximum Gasteiger partial charge on any atom is 0.326 e. The van der Waals surface area contributed by atoms with Crippen LogP contribution >= 0.6 is 0 Å². The normalized spacial score (nSPS) is 16.6. The van der Waals surface area contributed by atoms with Gasteiger partial charge in [-0.2, -0.15) is 5.10 Å². The number of carboxylic acid groups (broad SMARTS) is 1. The fourth-order valence-electron chi connectivity index (χ4n) is 3.56. The van der Waals surface area contributed by atoms with E-state index in [1.165, 1.54) is 4.90 Å². The molecule has 0 fully saturated rings. The zero-order chi connectivity index (χ0) is 18.1. The largest absolute Gasteiger partial charge is 0.480 e. The predicted molar refractivity (Wildman–Crippen MR) is 93.1 cm³/mol. The average molecular weight is 341 g/mol. The number of hydrogen-bond acceptors (Lipinski definition) is 3. The number of aromatic nitrogens is 2. The number of aryl methyl sites for hydroxylation is 2. The third kappa shape index (κ3) is 3.29. The van der Waals surface area contributed by atoms with Gasteiger partial charge in [0.05, 0.1) is 5.69 Å². The standard InChI is InChI=1S/C19H23N3O3/c1-12-16(13(2)21(3)20-12)8-9-18(23)22-11-15-7-5-4-6-14(15)10-17(22)19(24)25/h4-7,17H,8-11H2,1-3H3,(H,24,25)/t17-/m0/s1. The molecular weight excluding hydrogens is 318 g/mol. The van der Waals surface area contributed by atoms with Crippen LogP contribution in [0.4, 0.5) is 0 Å². The Hall–Kier alpha value is -2.63. The predicted octanol–water partition coefficient (Wildman–Crippen LogP) is 2.01. The number of fused-ring (bicyclic) bond motifs is 1. The number of amides is 1. The molecule has 1 aliphatic rings. The van der Waals surface area contributed by atoms with Crippen LogP contribution in [0.2, 0.25) is 0 Å². The minimum Gasteiger partial charge on any atom is -0.480 e. The van der Waals surface area contributed by atoms with E-state index in [1.54, 1.807) is 0 Å². The Balaban J connectivity index is 1.77. The van der Waals surface area contributed by atoms with Crippen LogP contribution in [0.25, 0.3) is 0 Å². The number of rotatable bonds is 4. The van der Waals surface area contributed by atoms with Crippen LogP contribution in [0, 0.1) is 13.8 Å². The van der Waals surface area contributed by atoms with Gasteiger partial charge in [0.25, 0.3) is 0 Å². The van der Waals surface area contributed by atoms with Crippen molar-refractivity contribution in [2.75, 3.05) is 0 Å². The smallest absolute Gasteiger partial charge is 0.326 e. The summed E-state index contributed by atoms with van der Waals surface area (Å²) in [6, 6.07) is 6.94. The summed E-state index contributed by atoms with van der Waals surface area (Å²) >= 11 is 0. The van der Waals surface area contributed by atoms with Crippen LogP contribution in [-0.2, 0) is 36.0 Å². The molecule has 1 aliphatic heterocycles. The molecular formula is C19H23N3O3. The molecule has 1 aromatic heterocycles. The highest BCUT2D eigenvalue weighted by Crippen LogP contribution is 2.25. The first-order valence-electron chi connectivity index (χ1n) is 8.46. The molecule has 1 aromatic carbocycles. The highest BCUT2D eigenvalue weighted by Gasteiger charge is 2.34. The molecule has 0 unspecified atom stereocenters. The zero-order valence-electron chi connectivity index (χ0n) is 14.8. The Kier molecular flexibility index (Phi) is 4.61. The molecule has 25 heavy (non-hydrogen) atoms. The summed E-state index contributed by atoms with van der Waals surface area (Å²) in [4.78, 5) is 25.9. The molecule has 0 saturated heterocycles. The number of carbonyl (C=O) groups is 2. The Morgan fingerprint density at radius 2 is 1.92 bits per heavy atom. The minimum atomic E-state index is -0.948. The third-order valence-corrected chi connectivity index (χ3v) is 5.10. The van der Waals surface area contributed by atoms with Gasteiger partial charge < -0.3 is 10.0 Å². The maximum atomic E-state index is 12.8. The number of hydrogen-bond donors (Lipinski definition) is 1. The van der Waals surface area contributed by atoms with E-state index in [-0.39, 0.29) is 5.91 Å². The van der Waals surface area contributed by atoms with Crippen LogP contribution in [0.1, 0.15) is 34.5 Å². The molecule has 6 nitrogen and oxygen atoms in total. The fraction of sp³-hybridized carbons (Fsp3) is 0.421. The van der Waals surface area contributed by atoms with E-state index >= 15 is 0 Å². The molecule has 1 N–H and O–H groups in total. The number of carboxylic acids is 1. The topological polar surface area (TPSA) is 75.4 Å². The van der Waals surface area contributed by atoms with Gasteiger partial charge in [-0.25, -0.2) is 4.79 Å². The van der Waals surface area contributed by atoms with E-state index in [9.17, 15) is 14.7 Å². The van der Waals surface area contributed by atoms with E-state index in [1.807, 2.05) is 49.8 Å². The second kappa shape index (κ2) is 6.70. The number of nitrogens with zero attached hydrogens (tertiary/aromatic N) is 3. The van der Waals surface area contributed by atoms with Gasteiger partial charge in [-0.15, -0.1) is 0 Å². The third-order valence-electron chi connectivity index (χ3n) is 5.10. The Morgan fingerprint density at radius 1 is 1.24 bits per heavy atom. The fourth-order valence-corrected chi connectivity index (χ4v) is 3.56. The van der Waals surface area contributed by atoms with E-state index in [0.29, 0.717) is 25.8 Å². The molecule has 1 amide bonds. The lowest BCUT2D eigenvalue weighted by Crippen LogP contribution is -2.48. The summed E-state index contributed by atoms with van der Waals surface area (Å²) < 4.78 is 1.81. The highest BCUT2D eigenvalue weighted by molar-refractivity contribution is 5.84. The second-order valence-corrected chi connectivity index (χ2v) is 6.62. The van der Waals surface area contributed by atoms with Crippen molar-refractivity contribution in [2.45, 2.75) is 45.7 Å². The molecule has 132 valence electrons. The van der Waals surface area contributed by atoms with Crippen LogP contribution < -0.4 is 0 Å². The average Bonchev–Trinajstić information content (AvgIpc) is 2.83. The van der Waals surface area contributed by atoms with Crippen LogP contribution in [0.5, 0.6) is 0 Å². The van der Waals surface area contributed by atoms with Crippen LogP contribution in [0.3, 0.4) is 0 Å². The summed E-state index contributed by atoms with van der Waals surface area (Å²) in [6.45, 7) is 4.28. The van der Waals surface area contributed by atoms with Crippen LogP contribution in [0.15, 0.2) is 24.3 Å². The second-order valence-electron chi connectivity index (χ2n) is 6.62. The van der Waals surface area contributed by atoms with Gasteiger partial charge in [-0.05, 0) is 37.0 Å². The molecule has 0 radical (unpaired) electrons. The van der Waals surface area contributed by atoms with Gasteiger partial charge in [-0.3, -0.25) is 9.48 Å². The van der Waals surface area contributed by atoms with Gasteiger partial charge in [0.2, 0.25) is 5.91 Å². The molecule has 0 saturated carbocycles. The lowest BCUT2D eigenvalue weighted by atomic mass is 9.93. The van der Waals surface area contributed by atoms with Gasteiger partial charge in [0.1, 0.15) is 6.04 Å². The van der Waals surface area contributed by atoms with E-state index in [0.717, 1.165) is 28.1 Å². The van der Waals surface area contributed by atoms with Crippen molar-refractivity contribution in [3.8, 4) is 0 Å². The molecule has 0 spiro atoms. The van der Waals surface area contributed by atoms with Crippen molar-refractivity contribution in [3.63, 3.8) is 0 Å². The number of carbonyl (C=O) groups excluding carboxylic acids is 1. The van der Waals surface area contributed by atoms with Crippen molar-refractivity contribution < 1.29 is 14.7 Å². The first kappa shape index (κ1) is 17.2. The molecule has 0 bridgehead atoms. The Labute approximate surface area is 147 Å².